The molecular formula is C12H14FN3O2S2. The van der Waals surface area contributed by atoms with E-state index < -0.39 is 21.9 Å². The van der Waals surface area contributed by atoms with Crippen LogP contribution >= 0.6 is 11.3 Å². The Labute approximate surface area is 120 Å². The predicted molar refractivity (Wildman–Crippen MR) is 76.4 cm³/mol. The number of nitrogen functional groups attached to an aromatic ring is 1. The molecule has 1 atom stereocenters. The van der Waals surface area contributed by atoms with Crippen LogP contribution in [0.4, 0.5) is 10.1 Å². The molecule has 0 spiro atoms. The second-order valence-corrected chi connectivity index (χ2v) is 7.28. The number of hydrogen-bond donors (Lipinski definition) is 2. The van der Waals surface area contributed by atoms with Crippen LogP contribution in [0.5, 0.6) is 0 Å². The summed E-state index contributed by atoms with van der Waals surface area (Å²) in [7, 11) is -3.82. The second kappa shape index (κ2) is 5.47. The van der Waals surface area contributed by atoms with Gasteiger partial charge in [0.25, 0.3) is 0 Å². The number of anilines is 1. The van der Waals surface area contributed by atoms with Crippen LogP contribution < -0.4 is 10.5 Å². The van der Waals surface area contributed by atoms with Crippen molar-refractivity contribution in [2.24, 2.45) is 0 Å². The van der Waals surface area contributed by atoms with Gasteiger partial charge in [0.15, 0.2) is 0 Å². The molecule has 20 heavy (non-hydrogen) atoms. The van der Waals surface area contributed by atoms with Crippen molar-refractivity contribution in [3.8, 4) is 0 Å². The van der Waals surface area contributed by atoms with Gasteiger partial charge in [-0.25, -0.2) is 22.5 Å². The van der Waals surface area contributed by atoms with E-state index in [1.54, 1.807) is 13.1 Å². The second-order valence-electron chi connectivity index (χ2n) is 4.33. The minimum Gasteiger partial charge on any atom is -0.398 e. The van der Waals surface area contributed by atoms with Gasteiger partial charge in [0.05, 0.1) is 11.7 Å². The van der Waals surface area contributed by atoms with Crippen LogP contribution in [0.15, 0.2) is 29.3 Å². The van der Waals surface area contributed by atoms with Gasteiger partial charge < -0.3 is 5.73 Å². The van der Waals surface area contributed by atoms with Gasteiger partial charge in [0.2, 0.25) is 10.0 Å². The van der Waals surface area contributed by atoms with Gasteiger partial charge in [-0.3, -0.25) is 0 Å². The highest BCUT2D eigenvalue weighted by Crippen LogP contribution is 2.24. The molecule has 1 aromatic carbocycles. The highest BCUT2D eigenvalue weighted by atomic mass is 32.2. The van der Waals surface area contributed by atoms with Crippen LogP contribution in [-0.2, 0) is 10.0 Å². The molecule has 0 saturated carbocycles. The number of sulfonamides is 1. The van der Waals surface area contributed by atoms with Crippen LogP contribution in [0, 0.1) is 12.7 Å². The molecule has 1 unspecified atom stereocenters. The SMILES string of the molecule is Cc1cnc(C(C)NS(=O)(=O)c2ccc(F)cc2N)s1. The third-order valence-electron chi connectivity index (χ3n) is 2.60. The Hall–Kier alpha value is -1.51. The monoisotopic (exact) mass is 315 g/mol. The van der Waals surface area contributed by atoms with Crippen LogP contribution in [0.2, 0.25) is 0 Å². The first-order valence-electron chi connectivity index (χ1n) is 5.79. The Kier molecular flexibility index (Phi) is 4.07. The predicted octanol–water partition coefficient (Wildman–Crippen LogP) is 2.21. The van der Waals surface area contributed by atoms with Crippen molar-refractivity contribution in [3.63, 3.8) is 0 Å². The minimum atomic E-state index is -3.82. The van der Waals surface area contributed by atoms with Gasteiger partial charge in [0, 0.05) is 11.1 Å². The molecule has 8 heteroatoms. The number of nitrogens with two attached hydrogens (primary N) is 1. The molecule has 2 aromatic rings. The number of halogens is 1. The first-order valence-corrected chi connectivity index (χ1v) is 8.09. The molecule has 0 aliphatic rings. The lowest BCUT2D eigenvalue weighted by molar-refractivity contribution is 0.566. The summed E-state index contributed by atoms with van der Waals surface area (Å²) in [5, 5.41) is 0.659. The van der Waals surface area contributed by atoms with Crippen molar-refractivity contribution >= 4 is 27.0 Å². The maximum absolute atomic E-state index is 13.0. The standard InChI is InChI=1S/C12H14FN3O2S2/c1-7-6-15-12(19-7)8(2)16-20(17,18)11-4-3-9(13)5-10(11)14/h3-6,8,16H,14H2,1-2H3. The first-order chi connectivity index (χ1) is 9.29. The van der Waals surface area contributed by atoms with Crippen LogP contribution in [-0.4, -0.2) is 13.4 Å². The van der Waals surface area contributed by atoms with Crippen molar-refractivity contribution in [2.75, 3.05) is 5.73 Å². The molecule has 0 aliphatic heterocycles. The van der Waals surface area contributed by atoms with Gasteiger partial charge in [-0.15, -0.1) is 11.3 Å². The Morgan fingerprint density at radius 3 is 2.70 bits per heavy atom. The molecule has 1 heterocycles. The quantitative estimate of drug-likeness (QED) is 0.847. The summed E-state index contributed by atoms with van der Waals surface area (Å²) >= 11 is 1.41. The number of nitrogens with zero attached hydrogens (tertiary/aromatic N) is 1. The zero-order valence-electron chi connectivity index (χ0n) is 10.9. The summed E-state index contributed by atoms with van der Waals surface area (Å²) < 4.78 is 39.9. The molecule has 1 aromatic heterocycles. The third-order valence-corrected chi connectivity index (χ3v) is 5.31. The fourth-order valence-corrected chi connectivity index (χ4v) is 3.85. The molecule has 0 radical (unpaired) electrons. The Balaban J connectivity index is 2.27. The maximum atomic E-state index is 13.0. The number of thiazole rings is 1. The third kappa shape index (κ3) is 3.14. The fourth-order valence-electron chi connectivity index (χ4n) is 1.68. The zero-order valence-corrected chi connectivity index (χ0v) is 12.6. The molecule has 5 nitrogen and oxygen atoms in total. The van der Waals surface area contributed by atoms with Crippen LogP contribution in [0.1, 0.15) is 22.9 Å². The molecule has 2 rings (SSSR count). The van der Waals surface area contributed by atoms with E-state index >= 15 is 0 Å². The molecule has 0 amide bonds. The number of aromatic nitrogens is 1. The summed E-state index contributed by atoms with van der Waals surface area (Å²) in [5.74, 6) is -0.579. The van der Waals surface area contributed by atoms with E-state index in [1.165, 1.54) is 11.3 Å². The van der Waals surface area contributed by atoms with Crippen LogP contribution in [0.3, 0.4) is 0 Å². The molecule has 0 fully saturated rings. The first kappa shape index (κ1) is 14.9. The average Bonchev–Trinajstić information content (AvgIpc) is 2.74. The van der Waals surface area contributed by atoms with Crippen molar-refractivity contribution in [2.45, 2.75) is 24.8 Å². The Morgan fingerprint density at radius 2 is 2.15 bits per heavy atom. The highest BCUT2D eigenvalue weighted by Gasteiger charge is 2.22. The lowest BCUT2D eigenvalue weighted by Crippen LogP contribution is -2.27. The lowest BCUT2D eigenvalue weighted by atomic mass is 10.3. The van der Waals surface area contributed by atoms with E-state index in [0.29, 0.717) is 5.01 Å². The van der Waals surface area contributed by atoms with E-state index in [-0.39, 0.29) is 10.6 Å². The van der Waals surface area contributed by atoms with E-state index in [9.17, 15) is 12.8 Å². The van der Waals surface area contributed by atoms with Crippen molar-refractivity contribution < 1.29 is 12.8 Å². The summed E-state index contributed by atoms with van der Waals surface area (Å²) in [6.45, 7) is 3.58. The summed E-state index contributed by atoms with van der Waals surface area (Å²) in [6.07, 6.45) is 1.68. The minimum absolute atomic E-state index is 0.125. The van der Waals surface area contributed by atoms with E-state index in [4.69, 9.17) is 5.73 Å². The topological polar surface area (TPSA) is 85.1 Å². The zero-order chi connectivity index (χ0) is 14.9. The smallest absolute Gasteiger partial charge is 0.243 e. The maximum Gasteiger partial charge on any atom is 0.243 e. The number of rotatable bonds is 4. The Morgan fingerprint density at radius 1 is 1.45 bits per heavy atom. The summed E-state index contributed by atoms with van der Waals surface area (Å²) in [5.41, 5.74) is 5.43. The molecule has 0 saturated heterocycles. The van der Waals surface area contributed by atoms with Gasteiger partial charge in [-0.2, -0.15) is 0 Å². The summed E-state index contributed by atoms with van der Waals surface area (Å²) in [4.78, 5) is 4.98. The molecule has 3 N–H and O–H groups in total. The van der Waals surface area contributed by atoms with Gasteiger partial charge in [0.1, 0.15) is 15.7 Å². The fraction of sp³-hybridized carbons (Fsp3) is 0.250. The summed E-state index contributed by atoms with van der Waals surface area (Å²) in [6, 6.07) is 2.70. The van der Waals surface area contributed by atoms with E-state index in [1.807, 2.05) is 6.92 Å². The molecule has 0 bridgehead atoms. The van der Waals surface area contributed by atoms with Crippen LogP contribution in [0.25, 0.3) is 0 Å². The largest absolute Gasteiger partial charge is 0.398 e. The number of hydrogen-bond acceptors (Lipinski definition) is 5. The van der Waals surface area contributed by atoms with Gasteiger partial charge in [-0.05, 0) is 32.0 Å². The van der Waals surface area contributed by atoms with E-state index in [2.05, 4.69) is 9.71 Å². The van der Waals surface area contributed by atoms with Crippen molar-refractivity contribution in [3.05, 3.63) is 40.1 Å². The van der Waals surface area contributed by atoms with Crippen molar-refractivity contribution in [1.82, 2.24) is 9.71 Å². The highest BCUT2D eigenvalue weighted by molar-refractivity contribution is 7.89. The molecular weight excluding hydrogens is 301 g/mol. The van der Waals surface area contributed by atoms with Crippen molar-refractivity contribution in [1.29, 1.82) is 0 Å². The normalized spacial score (nSPS) is 13.3. The molecule has 0 aliphatic carbocycles. The average molecular weight is 315 g/mol. The lowest BCUT2D eigenvalue weighted by Gasteiger charge is -2.13. The number of nitrogens with one attached hydrogen (secondary N) is 1. The Bertz CT molecular complexity index is 728. The number of benzene rings is 1. The molecule has 108 valence electrons. The number of aryl methyl sites for hydroxylation is 1. The van der Waals surface area contributed by atoms with Gasteiger partial charge >= 0.3 is 0 Å². The van der Waals surface area contributed by atoms with E-state index in [0.717, 1.165) is 23.1 Å². The van der Waals surface area contributed by atoms with Gasteiger partial charge in [-0.1, -0.05) is 0 Å².